The molecule has 0 unspecified atom stereocenters. The summed E-state index contributed by atoms with van der Waals surface area (Å²) in [6.07, 6.45) is 0. The van der Waals surface area contributed by atoms with Gasteiger partial charge >= 0.3 is 6.03 Å². The summed E-state index contributed by atoms with van der Waals surface area (Å²) in [6.45, 7) is 0.406. The van der Waals surface area contributed by atoms with Crippen LogP contribution in [-0.4, -0.2) is 16.2 Å². The van der Waals surface area contributed by atoms with Crippen LogP contribution in [0.4, 0.5) is 4.79 Å². The summed E-state index contributed by atoms with van der Waals surface area (Å²) in [5, 5.41) is 14.6. The van der Waals surface area contributed by atoms with Crippen LogP contribution in [0.3, 0.4) is 0 Å². The molecule has 0 spiro atoms. The second-order valence-corrected chi connectivity index (χ2v) is 6.99. The topological polar surface area (TPSA) is 80.0 Å². The van der Waals surface area contributed by atoms with Gasteiger partial charge in [-0.25, -0.2) is 4.79 Å². The number of benzene rings is 3. The van der Waals surface area contributed by atoms with Gasteiger partial charge in [0.25, 0.3) is 0 Å². The average molecular weight is 419 g/mol. The molecule has 1 atom stereocenters. The first kappa shape index (κ1) is 19.7. The molecule has 0 aliphatic carbocycles. The molecule has 30 heavy (non-hydrogen) atoms. The van der Waals surface area contributed by atoms with Crippen LogP contribution in [0.5, 0.6) is 0 Å². The van der Waals surface area contributed by atoms with Crippen LogP contribution in [0, 0.1) is 0 Å². The Bertz CT molecular complexity index is 1120. The number of amides is 2. The lowest BCUT2D eigenvalue weighted by Crippen LogP contribution is -2.38. The van der Waals surface area contributed by atoms with Crippen LogP contribution in [0.2, 0.25) is 5.02 Å². The number of urea groups is 1. The maximum atomic E-state index is 12.6. The van der Waals surface area contributed by atoms with E-state index in [2.05, 4.69) is 20.8 Å². The summed E-state index contributed by atoms with van der Waals surface area (Å²) in [5.74, 6) is 0.564. The molecule has 2 amide bonds. The summed E-state index contributed by atoms with van der Waals surface area (Å²) < 4.78 is 5.88. The number of hydrogen-bond acceptors (Lipinski definition) is 4. The summed E-state index contributed by atoms with van der Waals surface area (Å²) in [6, 6.07) is 25.4. The molecule has 0 radical (unpaired) electrons. The van der Waals surface area contributed by atoms with Crippen LogP contribution in [0.1, 0.15) is 23.1 Å². The zero-order valence-electron chi connectivity index (χ0n) is 16.0. The van der Waals surface area contributed by atoms with Crippen molar-refractivity contribution in [1.29, 1.82) is 0 Å². The minimum atomic E-state index is -0.606. The van der Waals surface area contributed by atoms with Gasteiger partial charge in [0, 0.05) is 6.54 Å². The highest BCUT2D eigenvalue weighted by Gasteiger charge is 2.23. The van der Waals surface area contributed by atoms with Crippen LogP contribution >= 0.6 is 11.6 Å². The minimum Gasteiger partial charge on any atom is -0.418 e. The van der Waals surface area contributed by atoms with E-state index < -0.39 is 6.04 Å². The third-order valence-electron chi connectivity index (χ3n) is 4.50. The monoisotopic (exact) mass is 418 g/mol. The number of halogens is 1. The Hall–Kier alpha value is -3.64. The fraction of sp³-hybridized carbons (Fsp3) is 0.0870. The highest BCUT2D eigenvalue weighted by Crippen LogP contribution is 2.29. The SMILES string of the molecule is O=C(NCc1ccccc1)N[C@@H](c1ccccc1)c1nnc(-c2ccccc2Cl)o1. The Morgan fingerprint density at radius 1 is 0.900 bits per heavy atom. The maximum Gasteiger partial charge on any atom is 0.315 e. The molecule has 4 rings (SSSR count). The summed E-state index contributed by atoms with van der Waals surface area (Å²) in [5.41, 5.74) is 2.46. The predicted molar refractivity (Wildman–Crippen MR) is 115 cm³/mol. The van der Waals surface area contributed by atoms with E-state index in [0.29, 0.717) is 23.0 Å². The van der Waals surface area contributed by atoms with E-state index in [4.69, 9.17) is 16.0 Å². The van der Waals surface area contributed by atoms with Crippen LogP contribution in [-0.2, 0) is 6.54 Å². The van der Waals surface area contributed by atoms with Gasteiger partial charge in [-0.1, -0.05) is 84.4 Å². The van der Waals surface area contributed by atoms with Gasteiger partial charge in [0.05, 0.1) is 10.6 Å². The van der Waals surface area contributed by atoms with Crippen molar-refractivity contribution in [3.8, 4) is 11.5 Å². The van der Waals surface area contributed by atoms with E-state index >= 15 is 0 Å². The molecule has 2 N–H and O–H groups in total. The van der Waals surface area contributed by atoms with Crippen molar-refractivity contribution in [2.75, 3.05) is 0 Å². The number of aromatic nitrogens is 2. The first-order chi connectivity index (χ1) is 14.7. The van der Waals surface area contributed by atoms with Gasteiger partial charge < -0.3 is 15.1 Å². The van der Waals surface area contributed by atoms with Gasteiger partial charge in [-0.3, -0.25) is 0 Å². The van der Waals surface area contributed by atoms with Gasteiger partial charge in [0.2, 0.25) is 11.8 Å². The zero-order valence-corrected chi connectivity index (χ0v) is 16.7. The Kier molecular flexibility index (Phi) is 6.06. The molecule has 4 aromatic rings. The molecular weight excluding hydrogens is 400 g/mol. The molecule has 0 aliphatic rings. The first-order valence-electron chi connectivity index (χ1n) is 9.42. The van der Waals surface area contributed by atoms with Crippen LogP contribution in [0.15, 0.2) is 89.3 Å². The molecule has 1 heterocycles. The van der Waals surface area contributed by atoms with Gasteiger partial charge in [0.1, 0.15) is 6.04 Å². The largest absolute Gasteiger partial charge is 0.418 e. The van der Waals surface area contributed by atoms with Crippen LogP contribution < -0.4 is 10.6 Å². The van der Waals surface area contributed by atoms with E-state index in [1.165, 1.54) is 0 Å². The molecule has 0 bridgehead atoms. The number of carbonyl (C=O) groups excluding carboxylic acids is 1. The summed E-state index contributed by atoms with van der Waals surface area (Å²) >= 11 is 6.24. The molecule has 0 fully saturated rings. The highest BCUT2D eigenvalue weighted by molar-refractivity contribution is 6.33. The molecular formula is C23H19ClN4O2. The number of rotatable bonds is 6. The smallest absolute Gasteiger partial charge is 0.315 e. The minimum absolute atomic E-state index is 0.269. The van der Waals surface area contributed by atoms with Gasteiger partial charge in [-0.15, -0.1) is 10.2 Å². The normalized spacial score (nSPS) is 11.6. The Morgan fingerprint density at radius 3 is 2.30 bits per heavy atom. The second-order valence-electron chi connectivity index (χ2n) is 6.58. The van der Waals surface area contributed by atoms with Gasteiger partial charge in [-0.2, -0.15) is 0 Å². The lowest BCUT2D eigenvalue weighted by molar-refractivity contribution is 0.236. The molecule has 3 aromatic carbocycles. The third kappa shape index (κ3) is 4.67. The molecule has 1 aromatic heterocycles. The van der Waals surface area contributed by atoms with E-state index in [1.807, 2.05) is 72.8 Å². The molecule has 6 nitrogen and oxygen atoms in total. The van der Waals surface area contributed by atoms with Crippen molar-refractivity contribution in [3.63, 3.8) is 0 Å². The predicted octanol–water partition coefficient (Wildman–Crippen LogP) is 4.98. The Balaban J connectivity index is 1.55. The van der Waals surface area contributed by atoms with E-state index in [1.54, 1.807) is 12.1 Å². The van der Waals surface area contributed by atoms with Crippen LogP contribution in [0.25, 0.3) is 11.5 Å². The van der Waals surface area contributed by atoms with Gasteiger partial charge in [0.15, 0.2) is 0 Å². The Labute approximate surface area is 178 Å². The van der Waals surface area contributed by atoms with Gasteiger partial charge in [-0.05, 0) is 23.3 Å². The average Bonchev–Trinajstić information content (AvgIpc) is 3.27. The van der Waals surface area contributed by atoms with E-state index in [9.17, 15) is 4.79 Å². The molecule has 0 saturated carbocycles. The second kappa shape index (κ2) is 9.24. The fourth-order valence-corrected chi connectivity index (χ4v) is 3.20. The fourth-order valence-electron chi connectivity index (χ4n) is 2.99. The summed E-state index contributed by atoms with van der Waals surface area (Å²) in [4.78, 5) is 12.6. The standard InChI is InChI=1S/C23H19ClN4O2/c24-19-14-8-7-13-18(19)21-27-28-22(30-21)20(17-11-5-2-6-12-17)26-23(29)25-15-16-9-3-1-4-10-16/h1-14,20H,15H2,(H2,25,26,29)/t20-/m0/s1. The maximum absolute atomic E-state index is 12.6. The van der Waals surface area contributed by atoms with E-state index in [-0.39, 0.29) is 11.9 Å². The highest BCUT2D eigenvalue weighted by atomic mass is 35.5. The zero-order chi connectivity index (χ0) is 20.8. The van der Waals surface area contributed by atoms with Crippen molar-refractivity contribution >= 4 is 17.6 Å². The lowest BCUT2D eigenvalue weighted by atomic mass is 10.1. The van der Waals surface area contributed by atoms with Crippen molar-refractivity contribution in [3.05, 3.63) is 107 Å². The van der Waals surface area contributed by atoms with Crippen molar-refractivity contribution < 1.29 is 9.21 Å². The number of nitrogens with zero attached hydrogens (tertiary/aromatic N) is 2. The van der Waals surface area contributed by atoms with Crippen molar-refractivity contribution in [1.82, 2.24) is 20.8 Å². The third-order valence-corrected chi connectivity index (χ3v) is 4.83. The lowest BCUT2D eigenvalue weighted by Gasteiger charge is -2.16. The summed E-state index contributed by atoms with van der Waals surface area (Å²) in [7, 11) is 0. The number of nitrogens with one attached hydrogen (secondary N) is 2. The molecule has 150 valence electrons. The Morgan fingerprint density at radius 2 is 1.57 bits per heavy atom. The molecule has 0 aliphatic heterocycles. The molecule has 7 heteroatoms. The van der Waals surface area contributed by atoms with E-state index in [0.717, 1.165) is 11.1 Å². The quantitative estimate of drug-likeness (QED) is 0.462. The van der Waals surface area contributed by atoms with Crippen molar-refractivity contribution in [2.45, 2.75) is 12.6 Å². The first-order valence-corrected chi connectivity index (χ1v) is 9.80. The van der Waals surface area contributed by atoms with Crippen molar-refractivity contribution in [2.24, 2.45) is 0 Å². The molecule has 0 saturated heterocycles. The number of carbonyl (C=O) groups is 1. The number of hydrogen-bond donors (Lipinski definition) is 2.